The van der Waals surface area contributed by atoms with Crippen molar-refractivity contribution >= 4 is 0 Å². The minimum Gasteiger partial charge on any atom is -0.378 e. The molecule has 0 aromatic heterocycles. The Bertz CT molecular complexity index is 181. The highest BCUT2D eigenvalue weighted by Crippen LogP contribution is 2.19. The summed E-state index contributed by atoms with van der Waals surface area (Å²) in [6.07, 6.45) is 14.6. The van der Waals surface area contributed by atoms with Gasteiger partial charge in [0.1, 0.15) is 0 Å². The van der Waals surface area contributed by atoms with E-state index in [0.717, 1.165) is 13.0 Å². The number of nitrogens with one attached hydrogen (secondary N) is 1. The topological polar surface area (TPSA) is 47.3 Å². The third-order valence-corrected chi connectivity index (χ3v) is 3.96. The molecule has 2 atom stereocenters. The van der Waals surface area contributed by atoms with Crippen molar-refractivity contribution in [2.24, 2.45) is 5.84 Å². The zero-order valence-corrected chi connectivity index (χ0v) is 12.1. The van der Waals surface area contributed by atoms with Crippen molar-refractivity contribution in [2.45, 2.75) is 89.7 Å². The third kappa shape index (κ3) is 7.34. The van der Waals surface area contributed by atoms with Crippen molar-refractivity contribution in [2.75, 3.05) is 6.61 Å². The maximum atomic E-state index is 5.77. The molecule has 18 heavy (non-hydrogen) atoms. The van der Waals surface area contributed by atoms with Gasteiger partial charge in [-0.15, -0.1) is 0 Å². The van der Waals surface area contributed by atoms with Crippen LogP contribution in [0.1, 0.15) is 77.6 Å². The fourth-order valence-corrected chi connectivity index (χ4v) is 2.75. The first-order valence-corrected chi connectivity index (χ1v) is 7.94. The minimum absolute atomic E-state index is 0.444. The largest absolute Gasteiger partial charge is 0.378 e. The average molecular weight is 256 g/mol. The van der Waals surface area contributed by atoms with Gasteiger partial charge in [0.15, 0.2) is 0 Å². The molecule has 108 valence electrons. The summed E-state index contributed by atoms with van der Waals surface area (Å²) in [5, 5.41) is 0. The van der Waals surface area contributed by atoms with Crippen LogP contribution in [0.4, 0.5) is 0 Å². The molecular weight excluding hydrogens is 224 g/mol. The van der Waals surface area contributed by atoms with E-state index in [1.165, 1.54) is 64.2 Å². The van der Waals surface area contributed by atoms with Crippen molar-refractivity contribution in [3.05, 3.63) is 0 Å². The normalized spacial score (nSPS) is 22.0. The molecule has 1 fully saturated rings. The Morgan fingerprint density at radius 1 is 1.17 bits per heavy atom. The van der Waals surface area contributed by atoms with Gasteiger partial charge < -0.3 is 4.74 Å². The van der Waals surface area contributed by atoms with Crippen LogP contribution in [-0.4, -0.2) is 18.8 Å². The summed E-state index contributed by atoms with van der Waals surface area (Å²) in [6, 6.07) is 0.444. The molecule has 0 radical (unpaired) electrons. The highest BCUT2D eigenvalue weighted by molar-refractivity contribution is 4.72. The van der Waals surface area contributed by atoms with Crippen LogP contribution in [-0.2, 0) is 4.74 Å². The van der Waals surface area contributed by atoms with E-state index in [0.29, 0.717) is 12.1 Å². The first-order valence-electron chi connectivity index (χ1n) is 7.94. The van der Waals surface area contributed by atoms with E-state index in [4.69, 9.17) is 10.6 Å². The molecule has 0 aromatic carbocycles. The second-order valence-electron chi connectivity index (χ2n) is 5.64. The van der Waals surface area contributed by atoms with E-state index in [1.54, 1.807) is 0 Å². The van der Waals surface area contributed by atoms with Gasteiger partial charge in [0.05, 0.1) is 6.10 Å². The summed E-state index contributed by atoms with van der Waals surface area (Å²) in [5.74, 6) is 5.65. The Labute approximate surface area is 113 Å². The molecule has 0 amide bonds. The Morgan fingerprint density at radius 2 is 1.94 bits per heavy atom. The summed E-state index contributed by atoms with van der Waals surface area (Å²) >= 11 is 0. The van der Waals surface area contributed by atoms with Crippen molar-refractivity contribution in [1.82, 2.24) is 5.43 Å². The van der Waals surface area contributed by atoms with Crippen LogP contribution in [0.15, 0.2) is 0 Å². The van der Waals surface area contributed by atoms with Gasteiger partial charge in [0, 0.05) is 12.6 Å². The predicted octanol–water partition coefficient (Wildman–Crippen LogP) is 3.53. The number of unbranched alkanes of at least 4 members (excludes halogenated alkanes) is 5. The van der Waals surface area contributed by atoms with Gasteiger partial charge in [0.25, 0.3) is 0 Å². The molecule has 3 N–H and O–H groups in total. The van der Waals surface area contributed by atoms with E-state index in [2.05, 4.69) is 12.3 Å². The number of hydrogen-bond donors (Lipinski definition) is 2. The Morgan fingerprint density at radius 3 is 2.61 bits per heavy atom. The van der Waals surface area contributed by atoms with Gasteiger partial charge >= 0.3 is 0 Å². The van der Waals surface area contributed by atoms with Gasteiger partial charge in [-0.1, -0.05) is 45.4 Å². The summed E-state index contributed by atoms with van der Waals surface area (Å²) < 4.78 is 5.77. The van der Waals surface area contributed by atoms with E-state index >= 15 is 0 Å². The molecule has 3 nitrogen and oxygen atoms in total. The van der Waals surface area contributed by atoms with Gasteiger partial charge in [-0.3, -0.25) is 11.3 Å². The number of hydrogen-bond acceptors (Lipinski definition) is 3. The van der Waals surface area contributed by atoms with Crippen LogP contribution in [0.5, 0.6) is 0 Å². The van der Waals surface area contributed by atoms with E-state index in [9.17, 15) is 0 Å². The van der Waals surface area contributed by atoms with Crippen LogP contribution in [0.3, 0.4) is 0 Å². The van der Waals surface area contributed by atoms with Crippen LogP contribution in [0.2, 0.25) is 0 Å². The van der Waals surface area contributed by atoms with E-state index in [1.807, 2.05) is 0 Å². The highest BCUT2D eigenvalue weighted by Gasteiger charge is 2.18. The first-order chi connectivity index (χ1) is 8.86. The molecule has 1 aliphatic heterocycles. The standard InChI is InChI=1S/C15H32N2O/c1-2-3-4-5-6-7-10-14(17-16)13-15-11-8-9-12-18-15/h14-15,17H,2-13,16H2,1H3. The zero-order chi connectivity index (χ0) is 13.1. The number of ether oxygens (including phenoxy) is 1. The fourth-order valence-electron chi connectivity index (χ4n) is 2.75. The van der Waals surface area contributed by atoms with Crippen LogP contribution >= 0.6 is 0 Å². The molecule has 0 saturated carbocycles. The molecule has 0 aliphatic carbocycles. The van der Waals surface area contributed by atoms with E-state index < -0.39 is 0 Å². The molecule has 0 bridgehead atoms. The van der Waals surface area contributed by atoms with Crippen molar-refractivity contribution in [3.8, 4) is 0 Å². The second-order valence-corrected chi connectivity index (χ2v) is 5.64. The Kier molecular flexibility index (Phi) is 9.54. The number of rotatable bonds is 10. The maximum Gasteiger partial charge on any atom is 0.0590 e. The lowest BCUT2D eigenvalue weighted by atomic mass is 9.98. The lowest BCUT2D eigenvalue weighted by Gasteiger charge is -2.26. The molecule has 1 rings (SSSR count). The smallest absolute Gasteiger partial charge is 0.0590 e. The molecule has 2 unspecified atom stereocenters. The summed E-state index contributed by atoms with van der Waals surface area (Å²) in [4.78, 5) is 0. The second kappa shape index (κ2) is 10.8. The van der Waals surface area contributed by atoms with Gasteiger partial charge in [-0.25, -0.2) is 0 Å². The monoisotopic (exact) mass is 256 g/mol. The summed E-state index contributed by atoms with van der Waals surface area (Å²) in [6.45, 7) is 3.21. The number of nitrogens with two attached hydrogens (primary N) is 1. The highest BCUT2D eigenvalue weighted by atomic mass is 16.5. The zero-order valence-electron chi connectivity index (χ0n) is 12.1. The van der Waals surface area contributed by atoms with E-state index in [-0.39, 0.29) is 0 Å². The molecule has 0 spiro atoms. The molecule has 1 saturated heterocycles. The quantitative estimate of drug-likeness (QED) is 0.357. The molecule has 1 heterocycles. The average Bonchev–Trinajstić information content (AvgIpc) is 2.42. The fraction of sp³-hybridized carbons (Fsp3) is 1.00. The van der Waals surface area contributed by atoms with Crippen molar-refractivity contribution < 1.29 is 4.74 Å². The molecule has 1 aliphatic rings. The van der Waals surface area contributed by atoms with Crippen LogP contribution < -0.4 is 11.3 Å². The SMILES string of the molecule is CCCCCCCCC(CC1CCCCO1)NN. The maximum absolute atomic E-state index is 5.77. The Hall–Kier alpha value is -0.120. The van der Waals surface area contributed by atoms with Gasteiger partial charge in [-0.2, -0.15) is 0 Å². The minimum atomic E-state index is 0.444. The summed E-state index contributed by atoms with van der Waals surface area (Å²) in [5.41, 5.74) is 2.97. The van der Waals surface area contributed by atoms with Crippen LogP contribution in [0, 0.1) is 0 Å². The van der Waals surface area contributed by atoms with Crippen LogP contribution in [0.25, 0.3) is 0 Å². The lowest BCUT2D eigenvalue weighted by molar-refractivity contribution is 0.00455. The lowest BCUT2D eigenvalue weighted by Crippen LogP contribution is -2.39. The molecule has 0 aromatic rings. The van der Waals surface area contributed by atoms with Crippen molar-refractivity contribution in [3.63, 3.8) is 0 Å². The summed E-state index contributed by atoms with van der Waals surface area (Å²) in [7, 11) is 0. The van der Waals surface area contributed by atoms with Crippen molar-refractivity contribution in [1.29, 1.82) is 0 Å². The Balaban J connectivity index is 2.01. The van der Waals surface area contributed by atoms with Gasteiger partial charge in [-0.05, 0) is 32.1 Å². The molecular formula is C15H32N2O. The third-order valence-electron chi connectivity index (χ3n) is 3.96. The molecule has 3 heteroatoms. The van der Waals surface area contributed by atoms with Gasteiger partial charge in [0.2, 0.25) is 0 Å². The first kappa shape index (κ1) is 15.9. The number of hydrazine groups is 1. The predicted molar refractivity (Wildman–Crippen MR) is 77.3 cm³/mol.